The van der Waals surface area contributed by atoms with Crippen LogP contribution in [-0.4, -0.2) is 88.9 Å². The fourth-order valence-corrected chi connectivity index (χ4v) is 3.35. The number of likely N-dealkylation sites (N-methyl/N-ethyl adjacent to an activating group) is 1. The van der Waals surface area contributed by atoms with Crippen LogP contribution in [0.1, 0.15) is 24.5 Å². The summed E-state index contributed by atoms with van der Waals surface area (Å²) in [7, 11) is 4.01. The molecule has 0 aromatic heterocycles. The summed E-state index contributed by atoms with van der Waals surface area (Å²) in [6.45, 7) is 13.2. The lowest BCUT2D eigenvalue weighted by atomic mass is 10.1. The van der Waals surface area contributed by atoms with Crippen LogP contribution in [0.25, 0.3) is 0 Å². The maximum atomic E-state index is 5.93. The molecular weight excluding hydrogens is 493 g/mol. The molecule has 1 aliphatic rings. The van der Waals surface area contributed by atoms with Gasteiger partial charge >= 0.3 is 0 Å². The largest absolute Gasteiger partial charge is 0.491 e. The van der Waals surface area contributed by atoms with Crippen molar-refractivity contribution in [2.75, 3.05) is 73.2 Å². The van der Waals surface area contributed by atoms with Crippen molar-refractivity contribution in [3.8, 4) is 5.75 Å². The predicted octanol–water partition coefficient (Wildman–Crippen LogP) is 2.33. The summed E-state index contributed by atoms with van der Waals surface area (Å²) in [4.78, 5) is 9.29. The number of rotatable bonds is 10. The van der Waals surface area contributed by atoms with Gasteiger partial charge in [0.15, 0.2) is 5.96 Å². The summed E-state index contributed by atoms with van der Waals surface area (Å²) in [6, 6.07) is 6.30. The van der Waals surface area contributed by atoms with Gasteiger partial charge in [-0.1, -0.05) is 12.1 Å². The van der Waals surface area contributed by atoms with Crippen molar-refractivity contribution in [3.63, 3.8) is 0 Å². The Hall–Kier alpha value is -1.10. The molecule has 1 fully saturated rings. The van der Waals surface area contributed by atoms with E-state index in [1.807, 2.05) is 14.0 Å². The van der Waals surface area contributed by atoms with Crippen molar-refractivity contribution in [3.05, 3.63) is 29.3 Å². The Balaban J connectivity index is 0.00000450. The van der Waals surface area contributed by atoms with Crippen LogP contribution < -0.4 is 15.4 Å². The molecule has 0 bridgehead atoms. The van der Waals surface area contributed by atoms with Crippen LogP contribution in [0.2, 0.25) is 0 Å². The molecule has 0 saturated carbocycles. The summed E-state index contributed by atoms with van der Waals surface area (Å²) in [5, 5.41) is 6.84. The van der Waals surface area contributed by atoms with Crippen molar-refractivity contribution >= 4 is 29.9 Å². The fraction of sp³-hybridized carbons (Fsp3) is 0.682. The van der Waals surface area contributed by atoms with Gasteiger partial charge in [0, 0.05) is 51.9 Å². The number of nitrogens with one attached hydrogen (secondary N) is 2. The zero-order valence-corrected chi connectivity index (χ0v) is 21.4. The SMILES string of the molecule is CCOCCOc1cc(C)ccc1CNC(=NC)NCCN1CCCN(C)CC1.I. The molecule has 2 rings (SSSR count). The molecule has 0 spiro atoms. The van der Waals surface area contributed by atoms with Gasteiger partial charge < -0.3 is 29.9 Å². The van der Waals surface area contributed by atoms with Crippen LogP contribution >= 0.6 is 24.0 Å². The quantitative estimate of drug-likeness (QED) is 0.209. The highest BCUT2D eigenvalue weighted by molar-refractivity contribution is 14.0. The van der Waals surface area contributed by atoms with E-state index in [4.69, 9.17) is 9.47 Å². The van der Waals surface area contributed by atoms with E-state index < -0.39 is 0 Å². The minimum Gasteiger partial charge on any atom is -0.491 e. The Morgan fingerprint density at radius 1 is 1.13 bits per heavy atom. The second kappa shape index (κ2) is 15.7. The average Bonchev–Trinajstić information content (AvgIpc) is 2.93. The summed E-state index contributed by atoms with van der Waals surface area (Å²) >= 11 is 0. The number of guanidine groups is 1. The standard InChI is InChI=1S/C22H39N5O2.HI/c1-5-28-15-16-29-21-17-19(2)7-8-20(21)18-25-22(23-3)24-9-12-27-11-6-10-26(4)13-14-27;/h7-8,17H,5-6,9-16,18H2,1-4H3,(H2,23,24,25);1H. The van der Waals surface area contributed by atoms with Gasteiger partial charge in [-0.05, 0) is 52.0 Å². The van der Waals surface area contributed by atoms with Gasteiger partial charge in [-0.25, -0.2) is 0 Å². The number of hydrogen-bond donors (Lipinski definition) is 2. The number of halogens is 1. The number of nitrogens with zero attached hydrogens (tertiary/aromatic N) is 3. The zero-order chi connectivity index (χ0) is 20.9. The number of benzene rings is 1. The molecule has 7 nitrogen and oxygen atoms in total. The van der Waals surface area contributed by atoms with E-state index in [0.717, 1.165) is 43.5 Å². The minimum absolute atomic E-state index is 0. The molecule has 0 aliphatic carbocycles. The van der Waals surface area contributed by atoms with Crippen LogP contribution in [0.4, 0.5) is 0 Å². The molecule has 1 aliphatic heterocycles. The summed E-state index contributed by atoms with van der Waals surface area (Å²) in [5.74, 6) is 1.72. The molecule has 0 amide bonds. The molecule has 30 heavy (non-hydrogen) atoms. The van der Waals surface area contributed by atoms with Gasteiger partial charge in [0.05, 0.1) is 6.61 Å². The summed E-state index contributed by atoms with van der Waals surface area (Å²) in [5.41, 5.74) is 2.30. The van der Waals surface area contributed by atoms with Gasteiger partial charge in [-0.2, -0.15) is 0 Å². The fourth-order valence-electron chi connectivity index (χ4n) is 3.35. The Morgan fingerprint density at radius 3 is 2.73 bits per heavy atom. The van der Waals surface area contributed by atoms with Crippen molar-refractivity contribution in [1.82, 2.24) is 20.4 Å². The summed E-state index contributed by atoms with van der Waals surface area (Å²) in [6.07, 6.45) is 1.24. The maximum Gasteiger partial charge on any atom is 0.191 e. The van der Waals surface area contributed by atoms with Crippen molar-refractivity contribution in [2.24, 2.45) is 4.99 Å². The van der Waals surface area contributed by atoms with E-state index >= 15 is 0 Å². The van der Waals surface area contributed by atoms with E-state index in [1.165, 1.54) is 25.1 Å². The van der Waals surface area contributed by atoms with Crippen molar-refractivity contribution < 1.29 is 9.47 Å². The van der Waals surface area contributed by atoms with E-state index in [0.29, 0.717) is 26.4 Å². The number of hydrogen-bond acceptors (Lipinski definition) is 5. The molecule has 0 radical (unpaired) electrons. The normalized spacial score (nSPS) is 15.9. The Kier molecular flexibility index (Phi) is 14.1. The molecule has 1 aromatic carbocycles. The van der Waals surface area contributed by atoms with Crippen LogP contribution in [0.3, 0.4) is 0 Å². The lowest BCUT2D eigenvalue weighted by Gasteiger charge is -2.21. The van der Waals surface area contributed by atoms with Gasteiger partial charge in [0.25, 0.3) is 0 Å². The van der Waals surface area contributed by atoms with E-state index in [9.17, 15) is 0 Å². The third-order valence-corrected chi connectivity index (χ3v) is 5.11. The lowest BCUT2D eigenvalue weighted by Crippen LogP contribution is -2.42. The van der Waals surface area contributed by atoms with Crippen LogP contribution in [0.15, 0.2) is 23.2 Å². The first-order valence-corrected chi connectivity index (χ1v) is 10.8. The van der Waals surface area contributed by atoms with Crippen LogP contribution in [-0.2, 0) is 11.3 Å². The number of ether oxygens (including phenoxy) is 2. The molecule has 1 heterocycles. The maximum absolute atomic E-state index is 5.93. The van der Waals surface area contributed by atoms with Gasteiger partial charge in [0.1, 0.15) is 12.4 Å². The number of aryl methyl sites for hydroxylation is 1. The highest BCUT2D eigenvalue weighted by atomic mass is 127. The van der Waals surface area contributed by atoms with Crippen LogP contribution in [0, 0.1) is 6.92 Å². The molecule has 0 atom stereocenters. The average molecular weight is 533 g/mol. The molecular formula is C22H40IN5O2. The van der Waals surface area contributed by atoms with Gasteiger partial charge in [0.2, 0.25) is 0 Å². The molecule has 2 N–H and O–H groups in total. The second-order valence-corrected chi connectivity index (χ2v) is 7.51. The van der Waals surface area contributed by atoms with Crippen molar-refractivity contribution in [2.45, 2.75) is 26.8 Å². The minimum atomic E-state index is 0. The topological polar surface area (TPSA) is 61.4 Å². The third kappa shape index (κ3) is 10.3. The van der Waals surface area contributed by atoms with Crippen molar-refractivity contribution in [1.29, 1.82) is 0 Å². The smallest absolute Gasteiger partial charge is 0.191 e. The first kappa shape index (κ1) is 26.9. The zero-order valence-electron chi connectivity index (χ0n) is 19.1. The Bertz CT molecular complexity index is 630. The first-order chi connectivity index (χ1) is 14.1. The second-order valence-electron chi connectivity index (χ2n) is 7.51. The molecule has 8 heteroatoms. The molecule has 1 aromatic rings. The monoisotopic (exact) mass is 533 g/mol. The van der Waals surface area contributed by atoms with E-state index in [2.05, 4.69) is 57.6 Å². The lowest BCUT2D eigenvalue weighted by molar-refractivity contribution is 0.110. The van der Waals surface area contributed by atoms with E-state index in [1.54, 1.807) is 0 Å². The highest BCUT2D eigenvalue weighted by Gasteiger charge is 2.12. The van der Waals surface area contributed by atoms with Gasteiger partial charge in [-0.3, -0.25) is 4.99 Å². The third-order valence-electron chi connectivity index (χ3n) is 5.11. The first-order valence-electron chi connectivity index (χ1n) is 10.8. The highest BCUT2D eigenvalue weighted by Crippen LogP contribution is 2.20. The van der Waals surface area contributed by atoms with Crippen LogP contribution in [0.5, 0.6) is 5.75 Å². The molecule has 0 unspecified atom stereocenters. The summed E-state index contributed by atoms with van der Waals surface area (Å²) < 4.78 is 11.3. The molecule has 172 valence electrons. The predicted molar refractivity (Wildman–Crippen MR) is 135 cm³/mol. The number of aliphatic imine (C=N–C) groups is 1. The Morgan fingerprint density at radius 2 is 1.97 bits per heavy atom. The van der Waals surface area contributed by atoms with Gasteiger partial charge in [-0.15, -0.1) is 24.0 Å². The Labute approximate surface area is 199 Å². The molecule has 1 saturated heterocycles. The van der Waals surface area contributed by atoms with E-state index in [-0.39, 0.29) is 24.0 Å².